The number of nitrogens with zero attached hydrogens (tertiary/aromatic N) is 2. The molecule has 0 unspecified atom stereocenters. The van der Waals surface area contributed by atoms with E-state index in [-0.39, 0.29) is 18.1 Å². The number of amides is 1. The fourth-order valence-electron chi connectivity index (χ4n) is 3.08. The molecule has 2 aromatic rings. The number of pyridine rings is 1. The Morgan fingerprint density at radius 1 is 1.13 bits per heavy atom. The van der Waals surface area contributed by atoms with Crippen molar-refractivity contribution in [3.05, 3.63) is 53.2 Å². The zero-order valence-electron chi connectivity index (χ0n) is 16.1. The van der Waals surface area contributed by atoms with Crippen molar-refractivity contribution in [2.75, 3.05) is 23.1 Å². The van der Waals surface area contributed by atoms with Crippen molar-refractivity contribution in [3.8, 4) is 0 Å². The summed E-state index contributed by atoms with van der Waals surface area (Å²) in [5.41, 5.74) is -0.954. The van der Waals surface area contributed by atoms with Crippen LogP contribution in [0.15, 0.2) is 30.5 Å². The Kier molecular flexibility index (Phi) is 6.42. The minimum absolute atomic E-state index is 0.273. The van der Waals surface area contributed by atoms with Crippen LogP contribution in [0, 0.1) is 11.6 Å². The lowest BCUT2D eigenvalue weighted by Crippen LogP contribution is -2.33. The number of aromatic nitrogens is 1. The van der Waals surface area contributed by atoms with E-state index in [2.05, 4.69) is 15.0 Å². The fourth-order valence-corrected chi connectivity index (χ4v) is 4.38. The lowest BCUT2D eigenvalue weighted by molar-refractivity contribution is -0.114. The molecule has 1 fully saturated rings. The third-order valence-electron chi connectivity index (χ3n) is 4.51. The van der Waals surface area contributed by atoms with Crippen molar-refractivity contribution in [1.82, 2.24) is 9.29 Å². The number of hydrogen-bond acceptors (Lipinski definition) is 5. The molecule has 1 aromatic heterocycles. The molecule has 1 aromatic carbocycles. The lowest BCUT2D eigenvalue weighted by Gasteiger charge is -2.18. The highest BCUT2D eigenvalue weighted by Gasteiger charge is 2.28. The van der Waals surface area contributed by atoms with Gasteiger partial charge in [0.25, 0.3) is 0 Å². The molecular weight excluding hydrogens is 418 g/mol. The standard InChI is InChI=1S/C19H20F2N4O4S/c1-12(26)23-17-7-4-13(11-22-17)10-16(27)18-14(20)5-6-15(19(18)21)24-30(28,29)25-8-2-3-9-25/h4-7,11,24H,2-3,8-10H2,1H3,(H,22,23,26). The Labute approximate surface area is 172 Å². The van der Waals surface area contributed by atoms with Crippen molar-refractivity contribution >= 4 is 33.4 Å². The summed E-state index contributed by atoms with van der Waals surface area (Å²) in [4.78, 5) is 27.5. The predicted molar refractivity (Wildman–Crippen MR) is 106 cm³/mol. The molecule has 11 heteroatoms. The molecule has 0 bridgehead atoms. The number of carbonyl (C=O) groups excluding carboxylic acids is 2. The Balaban J connectivity index is 1.80. The topological polar surface area (TPSA) is 108 Å². The molecule has 30 heavy (non-hydrogen) atoms. The maximum Gasteiger partial charge on any atom is 0.301 e. The summed E-state index contributed by atoms with van der Waals surface area (Å²) >= 11 is 0. The van der Waals surface area contributed by atoms with Gasteiger partial charge in [0.1, 0.15) is 11.6 Å². The smallest absolute Gasteiger partial charge is 0.301 e. The largest absolute Gasteiger partial charge is 0.311 e. The summed E-state index contributed by atoms with van der Waals surface area (Å²) in [7, 11) is -4.00. The van der Waals surface area contributed by atoms with Crippen molar-refractivity contribution < 1.29 is 26.8 Å². The van der Waals surface area contributed by atoms with Crippen LogP contribution < -0.4 is 10.0 Å². The third-order valence-corrected chi connectivity index (χ3v) is 6.03. The number of Topliss-reactive ketones (excluding diaryl/α,β-unsaturated/α-hetero) is 1. The highest BCUT2D eigenvalue weighted by atomic mass is 32.2. The minimum Gasteiger partial charge on any atom is -0.311 e. The number of hydrogen-bond donors (Lipinski definition) is 2. The summed E-state index contributed by atoms with van der Waals surface area (Å²) in [5.74, 6) is -3.28. The van der Waals surface area contributed by atoms with Gasteiger partial charge in [0, 0.05) is 32.6 Å². The molecule has 1 amide bonds. The predicted octanol–water partition coefficient (Wildman–Crippen LogP) is 2.50. The minimum atomic E-state index is -4.00. The second-order valence-corrected chi connectivity index (χ2v) is 8.50. The van der Waals surface area contributed by atoms with Gasteiger partial charge < -0.3 is 5.32 Å². The zero-order valence-corrected chi connectivity index (χ0v) is 16.9. The molecule has 0 saturated carbocycles. The summed E-state index contributed by atoms with van der Waals surface area (Å²) in [6, 6.07) is 4.73. The normalized spacial score (nSPS) is 14.5. The first-order valence-corrected chi connectivity index (χ1v) is 10.6. The number of nitrogens with one attached hydrogen (secondary N) is 2. The van der Waals surface area contributed by atoms with E-state index in [0.29, 0.717) is 31.5 Å². The Hall–Kier alpha value is -2.92. The fraction of sp³-hybridized carbons (Fsp3) is 0.316. The molecule has 160 valence electrons. The highest BCUT2D eigenvalue weighted by molar-refractivity contribution is 7.90. The van der Waals surface area contributed by atoms with Crippen LogP contribution in [-0.4, -0.2) is 42.5 Å². The van der Waals surface area contributed by atoms with Gasteiger partial charge in [-0.25, -0.2) is 13.8 Å². The monoisotopic (exact) mass is 438 g/mol. The van der Waals surface area contributed by atoms with Gasteiger partial charge in [-0.3, -0.25) is 14.3 Å². The molecule has 8 nitrogen and oxygen atoms in total. The number of carbonyl (C=O) groups is 2. The van der Waals surface area contributed by atoms with Crippen LogP contribution >= 0.6 is 0 Å². The first-order chi connectivity index (χ1) is 14.2. The Morgan fingerprint density at radius 2 is 1.83 bits per heavy atom. The summed E-state index contributed by atoms with van der Waals surface area (Å²) in [5, 5.41) is 2.46. The molecule has 0 aliphatic carbocycles. The van der Waals surface area contributed by atoms with Gasteiger partial charge in [0.15, 0.2) is 11.6 Å². The van der Waals surface area contributed by atoms with Gasteiger partial charge in [-0.15, -0.1) is 0 Å². The number of anilines is 2. The second-order valence-electron chi connectivity index (χ2n) is 6.83. The average Bonchev–Trinajstić information content (AvgIpc) is 3.21. The SMILES string of the molecule is CC(=O)Nc1ccc(CC(=O)c2c(F)ccc(NS(=O)(=O)N3CCCC3)c2F)cn1. The van der Waals surface area contributed by atoms with E-state index in [1.807, 2.05) is 0 Å². The second kappa shape index (κ2) is 8.84. The highest BCUT2D eigenvalue weighted by Crippen LogP contribution is 2.25. The average molecular weight is 438 g/mol. The Morgan fingerprint density at radius 3 is 2.43 bits per heavy atom. The van der Waals surface area contributed by atoms with Crippen LogP contribution in [0.2, 0.25) is 0 Å². The molecule has 0 spiro atoms. The van der Waals surface area contributed by atoms with E-state index in [1.165, 1.54) is 29.6 Å². The van der Waals surface area contributed by atoms with Crippen LogP contribution in [-0.2, 0) is 21.4 Å². The van der Waals surface area contributed by atoms with E-state index in [1.54, 1.807) is 0 Å². The third kappa shape index (κ3) is 4.97. The van der Waals surface area contributed by atoms with Crippen LogP contribution in [0.1, 0.15) is 35.7 Å². The summed E-state index contributed by atoms with van der Waals surface area (Å²) < 4.78 is 57.0. The van der Waals surface area contributed by atoms with Gasteiger partial charge in [-0.2, -0.15) is 12.7 Å². The van der Waals surface area contributed by atoms with Crippen molar-refractivity contribution in [2.24, 2.45) is 0 Å². The van der Waals surface area contributed by atoms with E-state index in [0.717, 1.165) is 12.1 Å². The lowest BCUT2D eigenvalue weighted by atomic mass is 10.0. The maximum absolute atomic E-state index is 14.8. The van der Waals surface area contributed by atoms with E-state index < -0.39 is 38.9 Å². The summed E-state index contributed by atoms with van der Waals surface area (Å²) in [6.07, 6.45) is 2.35. The van der Waals surface area contributed by atoms with Gasteiger partial charge in [0.05, 0.1) is 11.3 Å². The van der Waals surface area contributed by atoms with Crippen molar-refractivity contribution in [2.45, 2.75) is 26.2 Å². The van der Waals surface area contributed by atoms with Gasteiger partial charge in [-0.1, -0.05) is 6.07 Å². The van der Waals surface area contributed by atoms with E-state index in [9.17, 15) is 26.8 Å². The quantitative estimate of drug-likeness (QED) is 0.646. The number of benzene rings is 1. The maximum atomic E-state index is 14.8. The molecule has 0 atom stereocenters. The molecule has 2 N–H and O–H groups in total. The van der Waals surface area contributed by atoms with Crippen molar-refractivity contribution in [1.29, 1.82) is 0 Å². The van der Waals surface area contributed by atoms with Crippen LogP contribution in [0.5, 0.6) is 0 Å². The molecule has 1 aliphatic heterocycles. The van der Waals surface area contributed by atoms with Gasteiger partial charge in [0.2, 0.25) is 5.91 Å². The number of halogens is 2. The first kappa shape index (κ1) is 21.8. The first-order valence-electron chi connectivity index (χ1n) is 9.19. The van der Waals surface area contributed by atoms with E-state index in [4.69, 9.17) is 0 Å². The molecule has 3 rings (SSSR count). The number of ketones is 1. The molecule has 0 radical (unpaired) electrons. The van der Waals surface area contributed by atoms with Crippen molar-refractivity contribution in [3.63, 3.8) is 0 Å². The molecule has 1 saturated heterocycles. The molecule has 1 aliphatic rings. The van der Waals surface area contributed by atoms with Crippen LogP contribution in [0.25, 0.3) is 0 Å². The van der Waals surface area contributed by atoms with Crippen LogP contribution in [0.4, 0.5) is 20.3 Å². The van der Waals surface area contributed by atoms with E-state index >= 15 is 0 Å². The molecule has 2 heterocycles. The summed E-state index contributed by atoms with van der Waals surface area (Å²) in [6.45, 7) is 1.94. The zero-order chi connectivity index (χ0) is 21.9. The van der Waals surface area contributed by atoms with Gasteiger partial charge in [-0.05, 0) is 36.6 Å². The van der Waals surface area contributed by atoms with Gasteiger partial charge >= 0.3 is 10.2 Å². The van der Waals surface area contributed by atoms with Crippen LogP contribution in [0.3, 0.4) is 0 Å². The Bertz CT molecular complexity index is 1070. The number of rotatable bonds is 7. The molecular formula is C19H20F2N4O4S.